The minimum atomic E-state index is -0.102. The van der Waals surface area contributed by atoms with Gasteiger partial charge in [-0.1, -0.05) is 41.4 Å². The average molecular weight is 323 g/mol. The summed E-state index contributed by atoms with van der Waals surface area (Å²) in [5.74, 6) is -0.102. The van der Waals surface area contributed by atoms with Crippen molar-refractivity contribution in [1.82, 2.24) is 5.32 Å². The van der Waals surface area contributed by atoms with E-state index in [0.29, 0.717) is 16.6 Å². The molecule has 0 aromatic heterocycles. The van der Waals surface area contributed by atoms with Crippen LogP contribution >= 0.6 is 23.2 Å². The van der Waals surface area contributed by atoms with Gasteiger partial charge in [0.15, 0.2) is 0 Å². The van der Waals surface area contributed by atoms with Gasteiger partial charge in [0.2, 0.25) is 5.91 Å². The highest BCUT2D eigenvalue weighted by Crippen LogP contribution is 2.19. The Hall–Kier alpha value is -1.55. The fourth-order valence-corrected chi connectivity index (χ4v) is 2.14. The molecule has 2 rings (SSSR count). The second-order valence-corrected chi connectivity index (χ2v) is 5.61. The van der Waals surface area contributed by atoms with E-state index < -0.39 is 0 Å². The zero-order chi connectivity index (χ0) is 15.2. The van der Waals surface area contributed by atoms with Gasteiger partial charge in [0.25, 0.3) is 0 Å². The number of benzene rings is 2. The molecule has 0 fully saturated rings. The Labute approximate surface area is 134 Å². The molecule has 0 atom stereocenters. The molecule has 21 heavy (non-hydrogen) atoms. The molecule has 110 valence electrons. The first kappa shape index (κ1) is 15.8. The van der Waals surface area contributed by atoms with Crippen LogP contribution in [0.2, 0.25) is 10.0 Å². The van der Waals surface area contributed by atoms with Crippen molar-refractivity contribution in [2.75, 3.05) is 11.9 Å². The fourth-order valence-electron chi connectivity index (χ4n) is 1.85. The summed E-state index contributed by atoms with van der Waals surface area (Å²) in [6.07, 6.45) is 0. The quantitative estimate of drug-likeness (QED) is 0.872. The molecular formula is C16H16Cl2N2O. The van der Waals surface area contributed by atoms with E-state index in [1.165, 1.54) is 0 Å². The molecule has 0 aliphatic rings. The number of carbonyl (C=O) groups is 1. The third-order valence-corrected chi connectivity index (χ3v) is 3.49. The average Bonchev–Trinajstić information content (AvgIpc) is 2.45. The van der Waals surface area contributed by atoms with E-state index in [9.17, 15) is 4.79 Å². The normalized spacial score (nSPS) is 10.4. The summed E-state index contributed by atoms with van der Waals surface area (Å²) < 4.78 is 0. The number of rotatable bonds is 5. The fraction of sp³-hybridized carbons (Fsp3) is 0.188. The Bertz CT molecular complexity index is 627. The van der Waals surface area contributed by atoms with Gasteiger partial charge in [-0.15, -0.1) is 0 Å². The van der Waals surface area contributed by atoms with Crippen molar-refractivity contribution in [1.29, 1.82) is 0 Å². The predicted molar refractivity (Wildman–Crippen MR) is 88.0 cm³/mol. The predicted octanol–water partition coefficient (Wildman–Crippen LogP) is 4.03. The molecule has 2 aromatic carbocycles. The summed E-state index contributed by atoms with van der Waals surface area (Å²) in [5, 5.41) is 7.23. The van der Waals surface area contributed by atoms with E-state index in [1.807, 2.05) is 37.3 Å². The van der Waals surface area contributed by atoms with E-state index in [2.05, 4.69) is 10.6 Å². The van der Waals surface area contributed by atoms with Crippen molar-refractivity contribution < 1.29 is 4.79 Å². The van der Waals surface area contributed by atoms with Gasteiger partial charge >= 0.3 is 0 Å². The van der Waals surface area contributed by atoms with Crippen LogP contribution in [0.4, 0.5) is 5.69 Å². The third-order valence-electron chi connectivity index (χ3n) is 3.00. The first-order valence-corrected chi connectivity index (χ1v) is 7.31. The maximum absolute atomic E-state index is 11.9. The minimum Gasteiger partial charge on any atom is -0.325 e. The number of amides is 1. The Morgan fingerprint density at radius 1 is 1.05 bits per heavy atom. The lowest BCUT2D eigenvalue weighted by molar-refractivity contribution is -0.115. The Balaban J connectivity index is 1.82. The van der Waals surface area contributed by atoms with Crippen LogP contribution in [0.25, 0.3) is 0 Å². The van der Waals surface area contributed by atoms with Gasteiger partial charge in [-0.2, -0.15) is 0 Å². The van der Waals surface area contributed by atoms with Crippen LogP contribution in [-0.4, -0.2) is 12.5 Å². The SMILES string of the molecule is Cc1ccc(Cl)cc1NC(=O)CNCc1ccc(Cl)cc1. The number of carbonyl (C=O) groups excluding carboxylic acids is 1. The van der Waals surface area contributed by atoms with Crippen LogP contribution in [-0.2, 0) is 11.3 Å². The van der Waals surface area contributed by atoms with Crippen molar-refractivity contribution in [3.8, 4) is 0 Å². The van der Waals surface area contributed by atoms with Gasteiger partial charge < -0.3 is 10.6 Å². The lowest BCUT2D eigenvalue weighted by Gasteiger charge is -2.09. The minimum absolute atomic E-state index is 0.102. The molecule has 2 aromatic rings. The first-order chi connectivity index (χ1) is 10.0. The topological polar surface area (TPSA) is 41.1 Å². The molecule has 0 aliphatic heterocycles. The van der Waals surface area contributed by atoms with E-state index in [1.54, 1.807) is 12.1 Å². The summed E-state index contributed by atoms with van der Waals surface area (Å²) in [6, 6.07) is 12.9. The number of hydrogen-bond acceptors (Lipinski definition) is 2. The van der Waals surface area contributed by atoms with E-state index in [0.717, 1.165) is 16.8 Å². The molecule has 0 saturated heterocycles. The highest BCUT2D eigenvalue weighted by molar-refractivity contribution is 6.31. The molecule has 5 heteroatoms. The Kier molecular flexibility index (Phi) is 5.62. The van der Waals surface area contributed by atoms with Gasteiger partial charge in [-0.3, -0.25) is 4.79 Å². The zero-order valence-corrected chi connectivity index (χ0v) is 13.1. The summed E-state index contributed by atoms with van der Waals surface area (Å²) in [7, 11) is 0. The second-order valence-electron chi connectivity index (χ2n) is 4.74. The largest absolute Gasteiger partial charge is 0.325 e. The van der Waals surface area contributed by atoms with Crippen molar-refractivity contribution in [3.05, 3.63) is 63.6 Å². The van der Waals surface area contributed by atoms with Crippen LogP contribution in [0.5, 0.6) is 0 Å². The smallest absolute Gasteiger partial charge is 0.238 e. The maximum atomic E-state index is 11.9. The third kappa shape index (κ3) is 5.05. The maximum Gasteiger partial charge on any atom is 0.238 e. The van der Waals surface area contributed by atoms with Crippen molar-refractivity contribution in [2.24, 2.45) is 0 Å². The van der Waals surface area contributed by atoms with Gasteiger partial charge in [0.05, 0.1) is 6.54 Å². The Morgan fingerprint density at radius 3 is 2.43 bits per heavy atom. The first-order valence-electron chi connectivity index (χ1n) is 6.56. The monoisotopic (exact) mass is 322 g/mol. The summed E-state index contributed by atoms with van der Waals surface area (Å²) in [5.41, 5.74) is 2.79. The number of hydrogen-bond donors (Lipinski definition) is 2. The molecule has 1 amide bonds. The van der Waals surface area contributed by atoms with Crippen molar-refractivity contribution in [3.63, 3.8) is 0 Å². The standard InChI is InChI=1S/C16H16Cl2N2O/c1-11-2-5-14(18)8-15(11)20-16(21)10-19-9-12-3-6-13(17)7-4-12/h2-8,19H,9-10H2,1H3,(H,20,21). The Morgan fingerprint density at radius 2 is 1.71 bits per heavy atom. The van der Waals surface area contributed by atoms with Crippen LogP contribution in [0.1, 0.15) is 11.1 Å². The molecule has 0 heterocycles. The van der Waals surface area contributed by atoms with Crippen LogP contribution in [0.15, 0.2) is 42.5 Å². The van der Waals surface area contributed by atoms with Gasteiger partial charge in [0, 0.05) is 22.3 Å². The summed E-state index contributed by atoms with van der Waals surface area (Å²) >= 11 is 11.7. The molecule has 0 bridgehead atoms. The molecule has 2 N–H and O–H groups in total. The molecule has 0 spiro atoms. The van der Waals surface area contributed by atoms with Crippen molar-refractivity contribution in [2.45, 2.75) is 13.5 Å². The van der Waals surface area contributed by atoms with E-state index in [4.69, 9.17) is 23.2 Å². The molecular weight excluding hydrogens is 307 g/mol. The van der Waals surface area contributed by atoms with Crippen LogP contribution in [0.3, 0.4) is 0 Å². The molecule has 0 saturated carbocycles. The summed E-state index contributed by atoms with van der Waals surface area (Å²) in [6.45, 7) is 2.76. The zero-order valence-electron chi connectivity index (χ0n) is 11.6. The van der Waals surface area contributed by atoms with Crippen LogP contribution < -0.4 is 10.6 Å². The molecule has 0 unspecified atom stereocenters. The molecule has 0 radical (unpaired) electrons. The van der Waals surface area contributed by atoms with Crippen LogP contribution in [0, 0.1) is 6.92 Å². The second kappa shape index (κ2) is 7.46. The number of aryl methyl sites for hydroxylation is 1. The lowest BCUT2D eigenvalue weighted by Crippen LogP contribution is -2.27. The van der Waals surface area contributed by atoms with E-state index in [-0.39, 0.29) is 12.5 Å². The highest BCUT2D eigenvalue weighted by atomic mass is 35.5. The number of anilines is 1. The highest BCUT2D eigenvalue weighted by Gasteiger charge is 2.05. The van der Waals surface area contributed by atoms with Crippen molar-refractivity contribution >= 4 is 34.8 Å². The van der Waals surface area contributed by atoms with Gasteiger partial charge in [0.1, 0.15) is 0 Å². The summed E-state index contributed by atoms with van der Waals surface area (Å²) in [4.78, 5) is 11.9. The lowest BCUT2D eigenvalue weighted by atomic mass is 10.2. The number of halogens is 2. The van der Waals surface area contributed by atoms with E-state index >= 15 is 0 Å². The van der Waals surface area contributed by atoms with Gasteiger partial charge in [-0.05, 0) is 42.3 Å². The molecule has 3 nitrogen and oxygen atoms in total. The van der Waals surface area contributed by atoms with Gasteiger partial charge in [-0.25, -0.2) is 0 Å². The molecule has 0 aliphatic carbocycles. The number of nitrogens with one attached hydrogen (secondary N) is 2.